The van der Waals surface area contributed by atoms with E-state index in [1.54, 1.807) is 19.2 Å². The predicted octanol–water partition coefficient (Wildman–Crippen LogP) is 2.00. The van der Waals surface area contributed by atoms with Gasteiger partial charge < -0.3 is 10.6 Å². The quantitative estimate of drug-likeness (QED) is 0.648. The monoisotopic (exact) mass is 288 g/mol. The van der Waals surface area contributed by atoms with Gasteiger partial charge in [-0.15, -0.1) is 0 Å². The molecule has 0 atom stereocenters. The number of pyridine rings is 1. The molecule has 21 heavy (non-hydrogen) atoms. The molecule has 2 aromatic rings. The average molecular weight is 288 g/mol. The molecule has 0 radical (unpaired) electrons. The number of carbonyl (C=O) groups is 1. The molecule has 1 aromatic heterocycles. The molecule has 0 saturated heterocycles. The number of hydrogen-bond acceptors (Lipinski definition) is 5. The van der Waals surface area contributed by atoms with Gasteiger partial charge in [-0.1, -0.05) is 0 Å². The van der Waals surface area contributed by atoms with Crippen LogP contribution in [0.3, 0.4) is 0 Å². The van der Waals surface area contributed by atoms with E-state index in [1.807, 2.05) is 6.92 Å². The number of nitro benzene ring substituents is 1. The number of fused-ring (bicyclic) bond motifs is 1. The summed E-state index contributed by atoms with van der Waals surface area (Å²) in [5, 5.41) is 17.9. The summed E-state index contributed by atoms with van der Waals surface area (Å²) in [5.74, 6) is -0.0634. The van der Waals surface area contributed by atoms with Gasteiger partial charge in [-0.2, -0.15) is 0 Å². The summed E-state index contributed by atoms with van der Waals surface area (Å²) in [6.07, 6.45) is 1.84. The van der Waals surface area contributed by atoms with Crippen molar-refractivity contribution in [3.63, 3.8) is 0 Å². The summed E-state index contributed by atoms with van der Waals surface area (Å²) in [7, 11) is 1.58. The van der Waals surface area contributed by atoms with Gasteiger partial charge in [0.2, 0.25) is 5.91 Å². The van der Waals surface area contributed by atoms with E-state index < -0.39 is 4.92 Å². The number of benzene rings is 1. The third kappa shape index (κ3) is 3.25. The number of aryl methyl sites for hydroxylation is 1. The zero-order valence-electron chi connectivity index (χ0n) is 11.8. The van der Waals surface area contributed by atoms with Crippen LogP contribution in [0.1, 0.15) is 12.1 Å². The minimum Gasteiger partial charge on any atom is -0.384 e. The van der Waals surface area contributed by atoms with E-state index in [4.69, 9.17) is 0 Å². The minimum atomic E-state index is -0.423. The maximum atomic E-state index is 11.2. The highest BCUT2D eigenvalue weighted by atomic mass is 16.6. The maximum Gasteiger partial charge on any atom is 0.278 e. The first kappa shape index (κ1) is 14.7. The van der Waals surface area contributed by atoms with Crippen molar-refractivity contribution in [3.05, 3.63) is 40.2 Å². The van der Waals surface area contributed by atoms with Crippen LogP contribution in [-0.2, 0) is 4.79 Å². The SMILES string of the molecule is CNC(=O)CCNc1ccc([N+](=O)[O-])c2cnc(C)cc12. The number of nitrogens with one attached hydrogen (secondary N) is 2. The van der Waals surface area contributed by atoms with Crippen molar-refractivity contribution in [3.8, 4) is 0 Å². The molecular formula is C14H16N4O3. The highest BCUT2D eigenvalue weighted by Gasteiger charge is 2.14. The van der Waals surface area contributed by atoms with Crippen molar-refractivity contribution in [2.45, 2.75) is 13.3 Å². The molecule has 2 N–H and O–H groups in total. The largest absolute Gasteiger partial charge is 0.384 e. The minimum absolute atomic E-state index is 0.0225. The Balaban J connectivity index is 2.36. The van der Waals surface area contributed by atoms with Gasteiger partial charge >= 0.3 is 0 Å². The highest BCUT2D eigenvalue weighted by Crippen LogP contribution is 2.31. The van der Waals surface area contributed by atoms with Crippen LogP contribution in [0.2, 0.25) is 0 Å². The number of carbonyl (C=O) groups excluding carboxylic acids is 1. The summed E-state index contributed by atoms with van der Waals surface area (Å²) < 4.78 is 0. The molecule has 0 bridgehead atoms. The molecule has 7 heteroatoms. The second-order valence-corrected chi connectivity index (χ2v) is 4.61. The summed E-state index contributed by atoms with van der Waals surface area (Å²) in [4.78, 5) is 26.0. The lowest BCUT2D eigenvalue weighted by atomic mass is 10.1. The molecule has 0 unspecified atom stereocenters. The number of amides is 1. The number of nitro groups is 1. The summed E-state index contributed by atoms with van der Waals surface area (Å²) >= 11 is 0. The average Bonchev–Trinajstić information content (AvgIpc) is 2.46. The summed E-state index contributed by atoms with van der Waals surface area (Å²) in [5.41, 5.74) is 1.55. The van der Waals surface area contributed by atoms with Crippen LogP contribution >= 0.6 is 0 Å². The predicted molar refractivity (Wildman–Crippen MR) is 80.3 cm³/mol. The van der Waals surface area contributed by atoms with Crippen LogP contribution in [0.25, 0.3) is 10.8 Å². The fourth-order valence-electron chi connectivity index (χ4n) is 2.08. The lowest BCUT2D eigenvalue weighted by Crippen LogP contribution is -2.20. The van der Waals surface area contributed by atoms with Gasteiger partial charge in [0.05, 0.1) is 10.3 Å². The van der Waals surface area contributed by atoms with Gasteiger partial charge in [-0.25, -0.2) is 0 Å². The van der Waals surface area contributed by atoms with E-state index in [9.17, 15) is 14.9 Å². The second-order valence-electron chi connectivity index (χ2n) is 4.61. The Morgan fingerprint density at radius 3 is 2.81 bits per heavy atom. The van der Waals surface area contributed by atoms with E-state index >= 15 is 0 Å². The number of aromatic nitrogens is 1. The molecular weight excluding hydrogens is 272 g/mol. The fraction of sp³-hybridized carbons (Fsp3) is 0.286. The summed E-state index contributed by atoms with van der Waals surface area (Å²) in [6.45, 7) is 2.28. The van der Waals surface area contributed by atoms with E-state index in [-0.39, 0.29) is 11.6 Å². The maximum absolute atomic E-state index is 11.2. The zero-order valence-corrected chi connectivity index (χ0v) is 11.8. The van der Waals surface area contributed by atoms with Crippen molar-refractivity contribution in [1.29, 1.82) is 0 Å². The molecule has 7 nitrogen and oxygen atoms in total. The van der Waals surface area contributed by atoms with Gasteiger partial charge in [0.25, 0.3) is 5.69 Å². The third-order valence-corrected chi connectivity index (χ3v) is 3.16. The Bertz CT molecular complexity index is 700. The normalized spacial score (nSPS) is 10.4. The molecule has 1 heterocycles. The van der Waals surface area contributed by atoms with Crippen LogP contribution in [0.5, 0.6) is 0 Å². The Kier molecular flexibility index (Phi) is 4.32. The molecule has 0 saturated carbocycles. The van der Waals surface area contributed by atoms with Crippen LogP contribution < -0.4 is 10.6 Å². The van der Waals surface area contributed by atoms with Crippen molar-refractivity contribution in [2.24, 2.45) is 0 Å². The molecule has 2 rings (SSSR count). The van der Waals surface area contributed by atoms with Gasteiger partial charge in [0.15, 0.2) is 0 Å². The first-order valence-corrected chi connectivity index (χ1v) is 6.51. The molecule has 110 valence electrons. The molecule has 1 aromatic carbocycles. The van der Waals surface area contributed by atoms with Crippen LogP contribution in [0.4, 0.5) is 11.4 Å². The first-order chi connectivity index (χ1) is 10.0. The van der Waals surface area contributed by atoms with Crippen molar-refractivity contribution >= 4 is 28.1 Å². The van der Waals surface area contributed by atoms with Crippen LogP contribution in [0.15, 0.2) is 24.4 Å². The topological polar surface area (TPSA) is 97.2 Å². The first-order valence-electron chi connectivity index (χ1n) is 6.51. The number of non-ortho nitro benzene ring substituents is 1. The number of anilines is 1. The van der Waals surface area contributed by atoms with E-state index in [2.05, 4.69) is 15.6 Å². The van der Waals surface area contributed by atoms with Gasteiger partial charge in [0, 0.05) is 49.0 Å². The van der Waals surface area contributed by atoms with Crippen LogP contribution in [-0.4, -0.2) is 29.4 Å². The summed E-state index contributed by atoms with van der Waals surface area (Å²) in [6, 6.07) is 4.90. The van der Waals surface area contributed by atoms with Gasteiger partial charge in [0.1, 0.15) is 0 Å². The lowest BCUT2D eigenvalue weighted by molar-refractivity contribution is -0.383. The van der Waals surface area contributed by atoms with E-state index in [0.29, 0.717) is 18.4 Å². The Morgan fingerprint density at radius 2 is 2.14 bits per heavy atom. The molecule has 0 aliphatic heterocycles. The standard InChI is InChI=1S/C14H16N4O3/c1-9-7-10-11(8-17-9)13(18(20)21)4-3-12(10)16-6-5-14(19)15-2/h3-4,7-8,16H,5-6H2,1-2H3,(H,15,19). The molecule has 1 amide bonds. The van der Waals surface area contributed by atoms with Gasteiger partial charge in [-0.3, -0.25) is 19.9 Å². The smallest absolute Gasteiger partial charge is 0.278 e. The Hall–Kier alpha value is -2.70. The number of hydrogen-bond donors (Lipinski definition) is 2. The highest BCUT2D eigenvalue weighted by molar-refractivity contribution is 5.99. The van der Waals surface area contributed by atoms with E-state index in [0.717, 1.165) is 16.8 Å². The van der Waals surface area contributed by atoms with Crippen molar-refractivity contribution in [1.82, 2.24) is 10.3 Å². The Morgan fingerprint density at radius 1 is 1.38 bits per heavy atom. The second kappa shape index (κ2) is 6.17. The van der Waals surface area contributed by atoms with Crippen molar-refractivity contribution in [2.75, 3.05) is 18.9 Å². The Labute approximate surface area is 121 Å². The van der Waals surface area contributed by atoms with Crippen molar-refractivity contribution < 1.29 is 9.72 Å². The van der Waals surface area contributed by atoms with Gasteiger partial charge in [-0.05, 0) is 19.1 Å². The molecule has 0 aliphatic rings. The number of nitrogens with zero attached hydrogens (tertiary/aromatic N) is 2. The molecule has 0 fully saturated rings. The fourth-order valence-corrected chi connectivity index (χ4v) is 2.08. The van der Waals surface area contributed by atoms with E-state index in [1.165, 1.54) is 12.3 Å². The third-order valence-electron chi connectivity index (χ3n) is 3.16. The zero-order chi connectivity index (χ0) is 15.4. The molecule has 0 aliphatic carbocycles. The number of rotatable bonds is 5. The lowest BCUT2D eigenvalue weighted by Gasteiger charge is -2.10. The molecule has 0 spiro atoms. The van der Waals surface area contributed by atoms with Crippen LogP contribution in [0, 0.1) is 17.0 Å².